The highest BCUT2D eigenvalue weighted by Crippen LogP contribution is 2.19. The molecule has 0 heterocycles. The summed E-state index contributed by atoms with van der Waals surface area (Å²) in [5, 5.41) is 11.4. The Bertz CT molecular complexity index is 855. The number of esters is 1. The molecule has 0 aliphatic rings. The van der Waals surface area contributed by atoms with Gasteiger partial charge < -0.3 is 19.7 Å². The zero-order valence-corrected chi connectivity index (χ0v) is 16.8. The van der Waals surface area contributed by atoms with Gasteiger partial charge in [-0.25, -0.2) is 4.79 Å². The maximum absolute atomic E-state index is 12.0. The Balaban J connectivity index is 1.75. The van der Waals surface area contributed by atoms with Crippen LogP contribution in [-0.4, -0.2) is 37.7 Å². The third kappa shape index (κ3) is 6.85. The van der Waals surface area contributed by atoms with Crippen LogP contribution in [-0.2, 0) is 14.3 Å². The molecule has 0 radical (unpaired) electrons. The lowest BCUT2D eigenvalue weighted by atomic mass is 10.2. The van der Waals surface area contributed by atoms with Gasteiger partial charge in [-0.15, -0.1) is 0 Å². The van der Waals surface area contributed by atoms with Crippen LogP contribution in [0.25, 0.3) is 0 Å². The lowest BCUT2D eigenvalue weighted by Gasteiger charge is -2.27. The number of carbonyl (C=O) groups excluding carboxylic acids is 2. The van der Waals surface area contributed by atoms with Gasteiger partial charge in [0.2, 0.25) is 0 Å². The standard InChI is InChI=1S/C22H25N3O4/c1-4-25(16(2)3)19-9-7-18(8-10-19)24-21(26)14-29-22(27)15-28-20-11-5-17(13-23)6-12-20/h5-12,16H,4,14-15H2,1-3H3,(H,24,26). The quantitative estimate of drug-likeness (QED) is 0.655. The van der Waals surface area contributed by atoms with Gasteiger partial charge >= 0.3 is 5.97 Å². The van der Waals surface area contributed by atoms with Crippen LogP contribution in [0.2, 0.25) is 0 Å². The van der Waals surface area contributed by atoms with E-state index in [1.807, 2.05) is 30.3 Å². The molecular weight excluding hydrogens is 370 g/mol. The van der Waals surface area contributed by atoms with Crippen LogP contribution in [0.15, 0.2) is 48.5 Å². The molecule has 2 aromatic rings. The first-order valence-electron chi connectivity index (χ1n) is 9.38. The Morgan fingerprint density at radius 3 is 2.28 bits per heavy atom. The maximum atomic E-state index is 12.0. The predicted molar refractivity (Wildman–Crippen MR) is 111 cm³/mol. The largest absolute Gasteiger partial charge is 0.482 e. The smallest absolute Gasteiger partial charge is 0.344 e. The summed E-state index contributed by atoms with van der Waals surface area (Å²) in [5.41, 5.74) is 2.20. The van der Waals surface area contributed by atoms with Crippen LogP contribution in [0, 0.1) is 11.3 Å². The summed E-state index contributed by atoms with van der Waals surface area (Å²) in [5.74, 6) is -0.649. The molecule has 0 saturated carbocycles. The molecule has 152 valence electrons. The Hall–Kier alpha value is -3.53. The van der Waals surface area contributed by atoms with Gasteiger partial charge in [-0.1, -0.05) is 0 Å². The van der Waals surface area contributed by atoms with Crippen molar-refractivity contribution in [2.24, 2.45) is 0 Å². The lowest BCUT2D eigenvalue weighted by molar-refractivity contribution is -0.149. The van der Waals surface area contributed by atoms with Crippen molar-refractivity contribution < 1.29 is 19.1 Å². The van der Waals surface area contributed by atoms with Crippen LogP contribution < -0.4 is 15.0 Å². The van der Waals surface area contributed by atoms with Gasteiger partial charge in [-0.05, 0) is 69.3 Å². The Kier molecular flexibility index (Phi) is 8.04. The minimum absolute atomic E-state index is 0.323. The molecule has 7 nitrogen and oxygen atoms in total. The topological polar surface area (TPSA) is 91.7 Å². The Labute approximate surface area is 170 Å². The summed E-state index contributed by atoms with van der Waals surface area (Å²) in [6, 6.07) is 16.2. The fourth-order valence-corrected chi connectivity index (χ4v) is 2.73. The van der Waals surface area contributed by atoms with Gasteiger partial charge in [0.15, 0.2) is 13.2 Å². The summed E-state index contributed by atoms with van der Waals surface area (Å²) in [4.78, 5) is 25.9. The van der Waals surface area contributed by atoms with E-state index in [-0.39, 0.29) is 6.61 Å². The van der Waals surface area contributed by atoms with Crippen molar-refractivity contribution in [1.82, 2.24) is 0 Å². The summed E-state index contributed by atoms with van der Waals surface area (Å²) in [6.07, 6.45) is 0. The summed E-state index contributed by atoms with van der Waals surface area (Å²) >= 11 is 0. The average Bonchev–Trinajstić information content (AvgIpc) is 2.72. The second-order valence-electron chi connectivity index (χ2n) is 6.56. The van der Waals surface area contributed by atoms with Gasteiger partial charge in [0, 0.05) is 24.0 Å². The number of rotatable bonds is 9. The first kappa shape index (κ1) is 21.8. The first-order valence-corrected chi connectivity index (χ1v) is 9.38. The fourth-order valence-electron chi connectivity index (χ4n) is 2.73. The molecule has 0 aromatic heterocycles. The molecule has 29 heavy (non-hydrogen) atoms. The predicted octanol–water partition coefficient (Wildman–Crippen LogP) is 3.35. The van der Waals surface area contributed by atoms with Crippen LogP contribution in [0.1, 0.15) is 26.3 Å². The molecule has 1 N–H and O–H groups in total. The molecule has 0 aliphatic carbocycles. The first-order chi connectivity index (χ1) is 13.9. The molecule has 0 unspecified atom stereocenters. The van der Waals surface area contributed by atoms with Gasteiger partial charge in [0.25, 0.3) is 5.91 Å². The SMILES string of the molecule is CCN(c1ccc(NC(=O)COC(=O)COc2ccc(C#N)cc2)cc1)C(C)C. The van der Waals surface area contributed by atoms with E-state index in [0.717, 1.165) is 12.2 Å². The van der Waals surface area contributed by atoms with Gasteiger partial charge in [0.05, 0.1) is 11.6 Å². The highest BCUT2D eigenvalue weighted by Gasteiger charge is 2.11. The van der Waals surface area contributed by atoms with E-state index in [2.05, 4.69) is 31.0 Å². The molecule has 0 saturated heterocycles. The molecule has 0 spiro atoms. The van der Waals surface area contributed by atoms with E-state index >= 15 is 0 Å². The number of hydrogen-bond acceptors (Lipinski definition) is 6. The minimum atomic E-state index is -0.657. The monoisotopic (exact) mass is 395 g/mol. The second kappa shape index (κ2) is 10.7. The van der Waals surface area contributed by atoms with Crippen LogP contribution in [0.4, 0.5) is 11.4 Å². The van der Waals surface area contributed by atoms with Crippen LogP contribution in [0.5, 0.6) is 5.75 Å². The number of benzene rings is 2. The van der Waals surface area contributed by atoms with E-state index in [0.29, 0.717) is 23.0 Å². The number of nitrogens with zero attached hydrogens (tertiary/aromatic N) is 2. The molecule has 0 aliphatic heterocycles. The molecular formula is C22H25N3O4. The van der Waals surface area contributed by atoms with Gasteiger partial charge in [-0.2, -0.15) is 5.26 Å². The molecule has 2 rings (SSSR count). The number of anilines is 2. The van der Waals surface area contributed by atoms with E-state index in [1.165, 1.54) is 0 Å². The third-order valence-corrected chi connectivity index (χ3v) is 4.15. The van der Waals surface area contributed by atoms with E-state index < -0.39 is 18.5 Å². The normalized spacial score (nSPS) is 10.2. The van der Waals surface area contributed by atoms with Crippen molar-refractivity contribution in [1.29, 1.82) is 5.26 Å². The van der Waals surface area contributed by atoms with Crippen molar-refractivity contribution >= 4 is 23.3 Å². The van der Waals surface area contributed by atoms with Crippen molar-refractivity contribution in [3.05, 3.63) is 54.1 Å². The van der Waals surface area contributed by atoms with Gasteiger partial charge in [0.1, 0.15) is 5.75 Å². The molecule has 1 amide bonds. The summed E-state index contributed by atoms with van der Waals surface area (Å²) < 4.78 is 10.2. The lowest BCUT2D eigenvalue weighted by Crippen LogP contribution is -2.30. The maximum Gasteiger partial charge on any atom is 0.344 e. The summed E-state index contributed by atoms with van der Waals surface area (Å²) in [7, 11) is 0. The molecule has 2 aromatic carbocycles. The third-order valence-electron chi connectivity index (χ3n) is 4.15. The highest BCUT2D eigenvalue weighted by atomic mass is 16.6. The van der Waals surface area contributed by atoms with Crippen LogP contribution in [0.3, 0.4) is 0 Å². The molecule has 0 fully saturated rings. The van der Waals surface area contributed by atoms with Crippen molar-refractivity contribution in [3.63, 3.8) is 0 Å². The van der Waals surface area contributed by atoms with Gasteiger partial charge in [-0.3, -0.25) is 4.79 Å². The van der Waals surface area contributed by atoms with Crippen molar-refractivity contribution in [2.45, 2.75) is 26.8 Å². The summed E-state index contributed by atoms with van der Waals surface area (Å²) in [6.45, 7) is 6.51. The van der Waals surface area contributed by atoms with E-state index in [9.17, 15) is 9.59 Å². The number of nitrogens with one attached hydrogen (secondary N) is 1. The van der Waals surface area contributed by atoms with E-state index in [4.69, 9.17) is 14.7 Å². The van der Waals surface area contributed by atoms with Crippen molar-refractivity contribution in [3.8, 4) is 11.8 Å². The van der Waals surface area contributed by atoms with E-state index in [1.54, 1.807) is 24.3 Å². The Morgan fingerprint density at radius 1 is 1.07 bits per heavy atom. The number of carbonyl (C=O) groups is 2. The number of ether oxygens (including phenoxy) is 2. The average molecular weight is 395 g/mol. The van der Waals surface area contributed by atoms with Crippen LogP contribution >= 0.6 is 0 Å². The second-order valence-corrected chi connectivity index (χ2v) is 6.56. The molecule has 0 bridgehead atoms. The minimum Gasteiger partial charge on any atom is -0.482 e. The number of amides is 1. The zero-order chi connectivity index (χ0) is 21.2. The number of hydrogen-bond donors (Lipinski definition) is 1. The van der Waals surface area contributed by atoms with Crippen molar-refractivity contribution in [2.75, 3.05) is 30.0 Å². The zero-order valence-electron chi connectivity index (χ0n) is 16.8. The highest BCUT2D eigenvalue weighted by molar-refractivity contribution is 5.93. The number of nitriles is 1. The Morgan fingerprint density at radius 2 is 1.72 bits per heavy atom. The molecule has 0 atom stereocenters. The molecule has 7 heteroatoms. The fraction of sp³-hybridized carbons (Fsp3) is 0.318.